The van der Waals surface area contributed by atoms with E-state index in [0.717, 1.165) is 5.56 Å². The van der Waals surface area contributed by atoms with Crippen molar-refractivity contribution in [1.82, 2.24) is 14.9 Å². The molecule has 28 heavy (non-hydrogen) atoms. The Morgan fingerprint density at radius 3 is 2.21 bits per heavy atom. The molecule has 2 aromatic carbocycles. The molecule has 0 aliphatic heterocycles. The van der Waals surface area contributed by atoms with Crippen molar-refractivity contribution < 1.29 is 8.42 Å². The third-order valence-electron chi connectivity index (χ3n) is 4.72. The van der Waals surface area contributed by atoms with Gasteiger partial charge in [-0.05, 0) is 49.6 Å². The largest absolute Gasteiger partial charge is 0.352 e. The molecule has 0 aliphatic rings. The summed E-state index contributed by atoms with van der Waals surface area (Å²) in [6.07, 6.45) is 0. The monoisotopic (exact) mass is 402 g/mol. The Bertz CT molecular complexity index is 906. The van der Waals surface area contributed by atoms with Gasteiger partial charge < -0.3 is 10.6 Å². The molecule has 2 N–H and O–H groups in total. The zero-order chi connectivity index (χ0) is 20.7. The molecule has 0 bridgehead atoms. The predicted molar refractivity (Wildman–Crippen MR) is 115 cm³/mol. The molecule has 0 saturated carbocycles. The van der Waals surface area contributed by atoms with Crippen LogP contribution < -0.4 is 10.6 Å². The van der Waals surface area contributed by atoms with E-state index in [-0.39, 0.29) is 6.04 Å². The zero-order valence-electron chi connectivity index (χ0n) is 17.2. The second-order valence-electron chi connectivity index (χ2n) is 6.96. The van der Waals surface area contributed by atoms with E-state index in [2.05, 4.69) is 34.7 Å². The first-order valence-corrected chi connectivity index (χ1v) is 10.8. The number of aryl methyl sites for hydroxylation is 1. The lowest BCUT2D eigenvalue weighted by Gasteiger charge is -2.21. The topological polar surface area (TPSA) is 73.8 Å². The van der Waals surface area contributed by atoms with Crippen LogP contribution in [0.15, 0.2) is 58.4 Å². The summed E-state index contributed by atoms with van der Waals surface area (Å²) in [6.45, 7) is 7.02. The average molecular weight is 403 g/mol. The van der Waals surface area contributed by atoms with Crippen molar-refractivity contribution in [2.24, 2.45) is 4.99 Å². The van der Waals surface area contributed by atoms with Crippen LogP contribution in [0.4, 0.5) is 0 Å². The van der Waals surface area contributed by atoms with E-state index >= 15 is 0 Å². The molecule has 0 atom stereocenters. The summed E-state index contributed by atoms with van der Waals surface area (Å²) in [5, 5.41) is 6.55. The van der Waals surface area contributed by atoms with E-state index in [9.17, 15) is 8.42 Å². The maximum Gasteiger partial charge on any atom is 0.243 e. The zero-order valence-corrected chi connectivity index (χ0v) is 18.0. The van der Waals surface area contributed by atoms with Gasteiger partial charge in [0.05, 0.1) is 4.90 Å². The smallest absolute Gasteiger partial charge is 0.243 e. The Labute approximate surface area is 168 Å². The fourth-order valence-corrected chi connectivity index (χ4v) is 3.98. The minimum absolute atomic E-state index is 0.0889. The van der Waals surface area contributed by atoms with Crippen molar-refractivity contribution in [2.45, 2.75) is 44.8 Å². The molecule has 0 fully saturated rings. The first-order valence-electron chi connectivity index (χ1n) is 9.31. The number of aliphatic imine (C=N–C) groups is 1. The number of rotatable bonds is 7. The summed E-state index contributed by atoms with van der Waals surface area (Å²) in [5.41, 5.74) is 3.42. The number of hydrogen-bond acceptors (Lipinski definition) is 3. The summed E-state index contributed by atoms with van der Waals surface area (Å²) >= 11 is 0. The predicted octanol–water partition coefficient (Wildman–Crippen LogP) is 2.89. The molecule has 6 nitrogen and oxygen atoms in total. The number of benzene rings is 2. The van der Waals surface area contributed by atoms with E-state index in [0.29, 0.717) is 23.9 Å². The van der Waals surface area contributed by atoms with Crippen LogP contribution in [0.2, 0.25) is 0 Å². The molecule has 0 aromatic heterocycles. The molecule has 2 rings (SSSR count). The van der Waals surface area contributed by atoms with Crippen molar-refractivity contribution in [1.29, 1.82) is 0 Å². The van der Waals surface area contributed by atoms with E-state index in [1.54, 1.807) is 26.2 Å². The highest BCUT2D eigenvalue weighted by molar-refractivity contribution is 7.89. The van der Waals surface area contributed by atoms with E-state index in [1.807, 2.05) is 38.1 Å². The summed E-state index contributed by atoms with van der Waals surface area (Å²) in [5.74, 6) is 0.694. The Hall–Kier alpha value is -2.38. The number of nitrogens with one attached hydrogen (secondary N) is 2. The minimum Gasteiger partial charge on any atom is -0.352 e. The van der Waals surface area contributed by atoms with Gasteiger partial charge in [-0.25, -0.2) is 8.42 Å². The third-order valence-corrected chi connectivity index (χ3v) is 6.77. The average Bonchev–Trinajstić information content (AvgIpc) is 2.69. The molecule has 7 heteroatoms. The number of hydrogen-bond donors (Lipinski definition) is 2. The molecule has 0 unspecified atom stereocenters. The van der Waals surface area contributed by atoms with Crippen LogP contribution in [0.25, 0.3) is 0 Å². The van der Waals surface area contributed by atoms with Gasteiger partial charge in [-0.1, -0.05) is 36.4 Å². The SMILES string of the molecule is CN=C(NCc1ccc(S(=O)(=O)N(C)C(C)C)cc1)NCc1ccccc1C. The third kappa shape index (κ3) is 5.56. The second-order valence-corrected chi connectivity index (χ2v) is 8.96. The normalized spacial score (nSPS) is 12.5. The lowest BCUT2D eigenvalue weighted by Crippen LogP contribution is -2.36. The highest BCUT2D eigenvalue weighted by atomic mass is 32.2. The first kappa shape index (κ1) is 21.9. The van der Waals surface area contributed by atoms with Crippen LogP contribution in [0.3, 0.4) is 0 Å². The quantitative estimate of drug-likeness (QED) is 0.552. The van der Waals surface area contributed by atoms with Gasteiger partial charge >= 0.3 is 0 Å². The molecule has 0 amide bonds. The van der Waals surface area contributed by atoms with Crippen LogP contribution in [-0.2, 0) is 23.1 Å². The molecule has 0 aliphatic carbocycles. The van der Waals surface area contributed by atoms with Crippen LogP contribution in [0.5, 0.6) is 0 Å². The summed E-state index contributed by atoms with van der Waals surface area (Å²) < 4.78 is 26.4. The van der Waals surface area contributed by atoms with Crippen molar-refractivity contribution in [3.8, 4) is 0 Å². The summed E-state index contributed by atoms with van der Waals surface area (Å²) in [6, 6.07) is 15.1. The number of guanidine groups is 1. The van der Waals surface area contributed by atoms with Gasteiger partial charge in [0.1, 0.15) is 0 Å². The van der Waals surface area contributed by atoms with E-state index in [1.165, 1.54) is 15.4 Å². The van der Waals surface area contributed by atoms with Crippen LogP contribution >= 0.6 is 0 Å². The Kier molecular flexibility index (Phi) is 7.60. The molecule has 0 radical (unpaired) electrons. The van der Waals surface area contributed by atoms with Crippen LogP contribution in [-0.4, -0.2) is 38.8 Å². The van der Waals surface area contributed by atoms with Gasteiger partial charge in [0.2, 0.25) is 10.0 Å². The van der Waals surface area contributed by atoms with Gasteiger partial charge in [0, 0.05) is 33.2 Å². The molecule has 0 spiro atoms. The van der Waals surface area contributed by atoms with Crippen LogP contribution in [0, 0.1) is 6.92 Å². The number of nitrogens with zero attached hydrogens (tertiary/aromatic N) is 2. The van der Waals surface area contributed by atoms with Gasteiger partial charge in [-0.3, -0.25) is 4.99 Å². The maximum absolute atomic E-state index is 12.5. The Balaban J connectivity index is 1.95. The van der Waals surface area contributed by atoms with Crippen molar-refractivity contribution in [3.63, 3.8) is 0 Å². The number of sulfonamides is 1. The second kappa shape index (κ2) is 9.71. The molecule has 152 valence electrons. The Morgan fingerprint density at radius 2 is 1.64 bits per heavy atom. The standard InChI is InChI=1S/C21H30N4O2S/c1-16(2)25(5)28(26,27)20-12-10-18(11-13-20)14-23-21(22-4)24-15-19-9-7-6-8-17(19)3/h6-13,16H,14-15H2,1-5H3,(H2,22,23,24). The fraction of sp³-hybridized carbons (Fsp3) is 0.381. The molecular weight excluding hydrogens is 372 g/mol. The minimum atomic E-state index is -3.46. The first-order chi connectivity index (χ1) is 13.3. The van der Waals surface area contributed by atoms with E-state index in [4.69, 9.17) is 0 Å². The Morgan fingerprint density at radius 1 is 1.04 bits per heavy atom. The molecular formula is C21H30N4O2S. The van der Waals surface area contributed by atoms with Crippen molar-refractivity contribution >= 4 is 16.0 Å². The van der Waals surface area contributed by atoms with Crippen molar-refractivity contribution in [3.05, 3.63) is 65.2 Å². The van der Waals surface area contributed by atoms with E-state index < -0.39 is 10.0 Å². The van der Waals surface area contributed by atoms with Gasteiger partial charge in [0.25, 0.3) is 0 Å². The van der Waals surface area contributed by atoms with Crippen molar-refractivity contribution in [2.75, 3.05) is 14.1 Å². The highest BCUT2D eigenvalue weighted by Crippen LogP contribution is 2.17. The van der Waals surface area contributed by atoms with Gasteiger partial charge in [-0.2, -0.15) is 4.31 Å². The van der Waals surface area contributed by atoms with Gasteiger partial charge in [-0.15, -0.1) is 0 Å². The van der Waals surface area contributed by atoms with Crippen LogP contribution in [0.1, 0.15) is 30.5 Å². The van der Waals surface area contributed by atoms with Gasteiger partial charge in [0.15, 0.2) is 5.96 Å². The lowest BCUT2D eigenvalue weighted by molar-refractivity contribution is 0.410. The lowest BCUT2D eigenvalue weighted by atomic mass is 10.1. The molecule has 0 saturated heterocycles. The molecule has 2 aromatic rings. The maximum atomic E-state index is 12.5. The summed E-state index contributed by atoms with van der Waals surface area (Å²) in [7, 11) is -0.134. The molecule has 0 heterocycles. The fourth-order valence-electron chi connectivity index (χ4n) is 2.62. The highest BCUT2D eigenvalue weighted by Gasteiger charge is 2.22. The summed E-state index contributed by atoms with van der Waals surface area (Å²) in [4.78, 5) is 4.54.